The average Bonchev–Trinajstić information content (AvgIpc) is 3.43. The van der Waals surface area contributed by atoms with Crippen molar-refractivity contribution in [3.63, 3.8) is 0 Å². The van der Waals surface area contributed by atoms with E-state index in [1.165, 1.54) is 0 Å². The zero-order valence-electron chi connectivity index (χ0n) is 32.6. The minimum Gasteiger partial charge on any atom is -0.488 e. The Morgan fingerprint density at radius 1 is 0.963 bits per heavy atom. The van der Waals surface area contributed by atoms with E-state index < -0.39 is 12.3 Å². The fourth-order valence-electron chi connectivity index (χ4n) is 6.21. The maximum absolute atomic E-state index is 14.9. The molecule has 0 aliphatic heterocycles. The van der Waals surface area contributed by atoms with Gasteiger partial charge < -0.3 is 34.3 Å². The molecule has 0 fully saturated rings. The highest BCUT2D eigenvalue weighted by Gasteiger charge is 2.28. The Kier molecular flexibility index (Phi) is 16.8. The number of hydrazine groups is 1. The molecule has 54 heavy (non-hydrogen) atoms. The SMILES string of the molecule is C=CCN(CCN[C@@H](Cc1ccc(OC(C)(C)C)cc1)C(=O)N(Cc1cccc2c(I)cn(C)c12)CC(OCC)OCC)NC(=O)NCc1ccccc1. The fraction of sp³-hybridized carbons (Fsp3) is 0.429. The van der Waals surface area contributed by atoms with Crippen molar-refractivity contribution >= 4 is 45.4 Å². The van der Waals surface area contributed by atoms with Crippen molar-refractivity contribution in [1.29, 1.82) is 0 Å². The molecule has 0 unspecified atom stereocenters. The largest absolute Gasteiger partial charge is 0.488 e. The number of fused-ring (bicyclic) bond motifs is 1. The molecule has 0 aliphatic carbocycles. The quantitative estimate of drug-likeness (QED) is 0.0367. The molecule has 4 rings (SSSR count). The summed E-state index contributed by atoms with van der Waals surface area (Å²) < 4.78 is 21.3. The van der Waals surface area contributed by atoms with Crippen LogP contribution < -0.4 is 20.8 Å². The summed E-state index contributed by atoms with van der Waals surface area (Å²) in [6, 6.07) is 22.9. The second-order valence-corrected chi connectivity index (χ2v) is 15.2. The van der Waals surface area contributed by atoms with Gasteiger partial charge in [-0.1, -0.05) is 66.7 Å². The van der Waals surface area contributed by atoms with Crippen LogP contribution in [0.4, 0.5) is 4.79 Å². The Morgan fingerprint density at radius 2 is 1.67 bits per heavy atom. The molecular weight excluding hydrogens is 795 g/mol. The van der Waals surface area contributed by atoms with E-state index in [1.54, 1.807) is 11.1 Å². The number of aryl methyl sites for hydroxylation is 1. The molecule has 3 aromatic carbocycles. The summed E-state index contributed by atoms with van der Waals surface area (Å²) in [5.41, 5.74) is 6.69. The van der Waals surface area contributed by atoms with Gasteiger partial charge in [0.15, 0.2) is 6.29 Å². The van der Waals surface area contributed by atoms with E-state index in [1.807, 2.05) is 107 Å². The van der Waals surface area contributed by atoms with E-state index in [2.05, 4.69) is 68.1 Å². The molecule has 292 valence electrons. The van der Waals surface area contributed by atoms with Crippen LogP contribution >= 0.6 is 22.6 Å². The van der Waals surface area contributed by atoms with Gasteiger partial charge in [-0.2, -0.15) is 0 Å². The maximum Gasteiger partial charge on any atom is 0.329 e. The van der Waals surface area contributed by atoms with Crippen LogP contribution in [-0.2, 0) is 40.8 Å². The number of nitrogens with zero attached hydrogens (tertiary/aromatic N) is 3. The second-order valence-electron chi connectivity index (χ2n) is 14.0. The molecule has 4 aromatic rings. The first-order chi connectivity index (χ1) is 25.9. The predicted octanol–water partition coefficient (Wildman–Crippen LogP) is 6.79. The summed E-state index contributed by atoms with van der Waals surface area (Å²) in [6.45, 7) is 16.9. The van der Waals surface area contributed by atoms with Crippen molar-refractivity contribution in [2.75, 3.05) is 39.4 Å². The van der Waals surface area contributed by atoms with Gasteiger partial charge in [-0.05, 0) is 92.5 Å². The number of hydrogen-bond acceptors (Lipinski definition) is 7. The standard InChI is InChI=1S/C42H57IN6O5/c1-8-24-49(46-41(51)45-27-32-15-12-11-13-16-32)25-23-44-37(26-31-19-21-34(22-20-31)54-42(4,5)6)40(50)48(30-38(52-9-2)53-10-3)28-33-17-14-18-35-36(43)29-47(7)39(33)35/h8,11-22,29,37-38,44H,1,9-10,23-28,30H2,2-7H3,(H2,45,46,51)/t37-/m0/s1. The number of benzene rings is 3. The first kappa shape index (κ1) is 42.8. The third-order valence-electron chi connectivity index (χ3n) is 8.55. The summed E-state index contributed by atoms with van der Waals surface area (Å²) >= 11 is 2.36. The Balaban J connectivity index is 1.58. The molecule has 1 aromatic heterocycles. The molecule has 0 saturated carbocycles. The van der Waals surface area contributed by atoms with Gasteiger partial charge in [0, 0.05) is 68.1 Å². The first-order valence-electron chi connectivity index (χ1n) is 18.6. The van der Waals surface area contributed by atoms with Crippen LogP contribution in [0, 0.1) is 3.57 Å². The third-order valence-corrected chi connectivity index (χ3v) is 9.41. The van der Waals surface area contributed by atoms with Crippen molar-refractivity contribution < 1.29 is 23.8 Å². The fourth-order valence-corrected chi connectivity index (χ4v) is 7.06. The highest BCUT2D eigenvalue weighted by molar-refractivity contribution is 14.1. The lowest BCUT2D eigenvalue weighted by Crippen LogP contribution is -2.53. The lowest BCUT2D eigenvalue weighted by molar-refractivity contribution is -0.161. The van der Waals surface area contributed by atoms with Crippen LogP contribution in [0.15, 0.2) is 91.6 Å². The number of aromatic nitrogens is 1. The Morgan fingerprint density at radius 3 is 2.31 bits per heavy atom. The van der Waals surface area contributed by atoms with Gasteiger partial charge in [0.25, 0.3) is 0 Å². The van der Waals surface area contributed by atoms with Crippen molar-refractivity contribution in [1.82, 2.24) is 30.5 Å². The number of amides is 3. The molecule has 0 aliphatic rings. The summed E-state index contributed by atoms with van der Waals surface area (Å²) in [7, 11) is 2.03. The van der Waals surface area contributed by atoms with Gasteiger partial charge in [0.2, 0.25) is 5.91 Å². The molecule has 3 N–H and O–H groups in total. The predicted molar refractivity (Wildman–Crippen MR) is 224 cm³/mol. The molecule has 0 bridgehead atoms. The minimum absolute atomic E-state index is 0.0841. The average molecular weight is 853 g/mol. The summed E-state index contributed by atoms with van der Waals surface area (Å²) in [5, 5.41) is 9.36. The Hall–Kier alpha value is -3.95. The molecule has 1 atom stereocenters. The van der Waals surface area contributed by atoms with Gasteiger partial charge in [0.1, 0.15) is 11.4 Å². The molecule has 0 spiro atoms. The molecule has 12 heteroatoms. The zero-order chi connectivity index (χ0) is 39.1. The number of ether oxygens (including phenoxy) is 3. The number of rotatable bonds is 21. The number of halogens is 1. The summed E-state index contributed by atoms with van der Waals surface area (Å²) in [5.74, 6) is 0.682. The van der Waals surface area contributed by atoms with E-state index in [9.17, 15) is 9.59 Å². The molecule has 1 heterocycles. The van der Waals surface area contributed by atoms with Crippen molar-refractivity contribution in [2.24, 2.45) is 7.05 Å². The van der Waals surface area contributed by atoms with Crippen molar-refractivity contribution in [3.05, 3.63) is 112 Å². The van der Waals surface area contributed by atoms with E-state index in [4.69, 9.17) is 14.2 Å². The van der Waals surface area contributed by atoms with Crippen molar-refractivity contribution in [3.8, 4) is 5.75 Å². The third kappa shape index (κ3) is 13.4. The van der Waals surface area contributed by atoms with E-state index in [0.29, 0.717) is 52.4 Å². The van der Waals surface area contributed by atoms with Gasteiger partial charge in [0.05, 0.1) is 18.1 Å². The van der Waals surface area contributed by atoms with Crippen molar-refractivity contribution in [2.45, 2.75) is 72.1 Å². The normalized spacial score (nSPS) is 12.2. The minimum atomic E-state index is -0.603. The molecular formula is C42H57IN6O5. The highest BCUT2D eigenvalue weighted by atomic mass is 127. The second kappa shape index (κ2) is 21.2. The number of urea groups is 1. The van der Waals surface area contributed by atoms with Crippen LogP contribution in [-0.4, -0.2) is 83.7 Å². The van der Waals surface area contributed by atoms with E-state index in [0.717, 1.165) is 36.9 Å². The van der Waals surface area contributed by atoms with Crippen LogP contribution in [0.5, 0.6) is 5.75 Å². The number of carbonyl (C=O) groups excluding carboxylic acids is 2. The molecule has 3 amide bonds. The summed E-state index contributed by atoms with van der Waals surface area (Å²) in [4.78, 5) is 29.6. The molecule has 11 nitrogen and oxygen atoms in total. The maximum atomic E-state index is 14.9. The van der Waals surface area contributed by atoms with Gasteiger partial charge in [-0.15, -0.1) is 6.58 Å². The molecule has 0 radical (unpaired) electrons. The summed E-state index contributed by atoms with van der Waals surface area (Å²) in [6.07, 6.45) is 3.67. The highest BCUT2D eigenvalue weighted by Crippen LogP contribution is 2.27. The first-order valence-corrected chi connectivity index (χ1v) is 19.7. The lowest BCUT2D eigenvalue weighted by atomic mass is 10.0. The molecule has 0 saturated heterocycles. The Bertz CT molecular complexity index is 1770. The number of carbonyl (C=O) groups is 2. The van der Waals surface area contributed by atoms with Crippen LogP contribution in [0.1, 0.15) is 51.3 Å². The van der Waals surface area contributed by atoms with Gasteiger partial charge in [-0.25, -0.2) is 9.80 Å². The van der Waals surface area contributed by atoms with Crippen LogP contribution in [0.2, 0.25) is 0 Å². The number of nitrogens with one attached hydrogen (secondary N) is 3. The number of hydrogen-bond donors (Lipinski definition) is 3. The monoisotopic (exact) mass is 852 g/mol. The van der Waals surface area contributed by atoms with Gasteiger partial charge >= 0.3 is 6.03 Å². The smallest absolute Gasteiger partial charge is 0.329 e. The zero-order valence-corrected chi connectivity index (χ0v) is 34.7. The van der Waals surface area contributed by atoms with E-state index in [-0.39, 0.29) is 24.1 Å². The topological polar surface area (TPSA) is 109 Å². The van der Waals surface area contributed by atoms with Crippen LogP contribution in [0.3, 0.4) is 0 Å². The van der Waals surface area contributed by atoms with Gasteiger partial charge in [-0.3, -0.25) is 10.2 Å². The van der Waals surface area contributed by atoms with E-state index >= 15 is 0 Å². The lowest BCUT2D eigenvalue weighted by Gasteiger charge is -2.32. The Labute approximate surface area is 334 Å². The number of para-hydroxylation sites is 1. The van der Waals surface area contributed by atoms with Crippen LogP contribution in [0.25, 0.3) is 10.9 Å².